The van der Waals surface area contributed by atoms with Gasteiger partial charge in [-0.1, -0.05) is 0 Å². The van der Waals surface area contributed by atoms with E-state index in [2.05, 4.69) is 13.8 Å². The molecule has 1 aromatic rings. The van der Waals surface area contributed by atoms with Crippen LogP contribution in [0.2, 0.25) is 0 Å². The Labute approximate surface area is 183 Å². The largest absolute Gasteiger partial charge is 0.509 e. The average molecular weight is 537 g/mol. The summed E-state index contributed by atoms with van der Waals surface area (Å²) in [6, 6.07) is 1.24. The number of aromatic nitrogens is 2. The molecule has 0 bridgehead atoms. The molecule has 2 fully saturated rings. The molecule has 21 heteroatoms. The maximum Gasteiger partial charge on any atom is 0.509 e. The molecule has 2 aliphatic rings. The molecule has 0 saturated carbocycles. The number of nitrogens with zero attached hydrogens (tertiary/aromatic N) is 2. The van der Waals surface area contributed by atoms with Gasteiger partial charge in [-0.3, -0.25) is 18.2 Å². The minimum atomic E-state index is -5.86. The zero-order chi connectivity index (χ0) is 25.0. The van der Waals surface area contributed by atoms with Crippen LogP contribution in [0, 0.1) is 0 Å². The van der Waals surface area contributed by atoms with Crippen molar-refractivity contribution in [2.24, 2.45) is 0 Å². The summed E-state index contributed by atoms with van der Waals surface area (Å²) in [6.07, 6.45) is -5.19. The normalized spacial score (nSPS) is 30.4. The number of phosphoric ester groups is 1. The third-order valence-corrected chi connectivity index (χ3v) is 10.5. The Kier molecular flexibility index (Phi) is 6.69. The minimum absolute atomic E-state index is 0.108. The molecule has 7 N–H and O–H groups in total. The van der Waals surface area contributed by atoms with Crippen LogP contribution in [0.3, 0.4) is 0 Å². The summed E-state index contributed by atoms with van der Waals surface area (Å²) in [5.74, 6) is -0.108. The Morgan fingerprint density at radius 2 is 1.79 bits per heavy atom. The maximum absolute atomic E-state index is 12.1. The van der Waals surface area contributed by atoms with E-state index < -0.39 is 71.1 Å². The molecule has 0 amide bonds. The number of nitrogen functional groups attached to an aromatic ring is 1. The molecule has 186 valence electrons. The number of nitrogens with two attached hydrogens (primary N) is 1. The fourth-order valence-corrected chi connectivity index (χ4v) is 6.68. The van der Waals surface area contributed by atoms with Gasteiger partial charge in [0.2, 0.25) is 0 Å². The van der Waals surface area contributed by atoms with Crippen LogP contribution in [-0.2, 0) is 36.7 Å². The molecule has 2 aliphatic heterocycles. The Morgan fingerprint density at radius 1 is 1.18 bits per heavy atom. The summed E-state index contributed by atoms with van der Waals surface area (Å²) >= 11 is 0. The van der Waals surface area contributed by atoms with Crippen LogP contribution in [0.1, 0.15) is 13.2 Å². The number of anilines is 1. The lowest BCUT2D eigenvalue weighted by atomic mass is 10.1. The summed E-state index contributed by atoms with van der Waals surface area (Å²) in [7, 11) is -17.1. The number of fused-ring (bicyclic) bond motifs is 1. The molecule has 3 rings (SSSR count). The molecule has 0 spiro atoms. The van der Waals surface area contributed by atoms with Crippen molar-refractivity contribution in [2.45, 2.75) is 36.5 Å². The van der Waals surface area contributed by atoms with Gasteiger partial charge < -0.3 is 44.6 Å². The summed E-state index contributed by atoms with van der Waals surface area (Å²) in [6.45, 7) is -0.741. The van der Waals surface area contributed by atoms with Gasteiger partial charge in [0.25, 0.3) is 5.08 Å². The monoisotopic (exact) mass is 537 g/mol. The average Bonchev–Trinajstić information content (AvgIpc) is 3.16. The number of carbonyl (C=O) groups excluding carboxylic acids is 1. The molecule has 3 unspecified atom stereocenters. The van der Waals surface area contributed by atoms with Crippen LogP contribution in [0.4, 0.5) is 10.6 Å². The van der Waals surface area contributed by atoms with E-state index in [9.17, 15) is 38.2 Å². The third kappa shape index (κ3) is 5.06. The first-order valence-corrected chi connectivity index (χ1v) is 13.3. The van der Waals surface area contributed by atoms with E-state index >= 15 is 0 Å². The lowest BCUT2D eigenvalue weighted by Gasteiger charge is -2.29. The number of hydrogen-bond acceptors (Lipinski definition) is 13. The highest BCUT2D eigenvalue weighted by molar-refractivity contribution is 7.75. The van der Waals surface area contributed by atoms with E-state index in [4.69, 9.17) is 29.7 Å². The highest BCUT2D eigenvalue weighted by Crippen LogP contribution is 2.74. The zero-order valence-corrected chi connectivity index (χ0v) is 19.0. The van der Waals surface area contributed by atoms with Gasteiger partial charge in [0, 0.05) is 6.20 Å². The van der Waals surface area contributed by atoms with Gasteiger partial charge in [0.05, 0.1) is 6.61 Å². The molecule has 3 heterocycles. The molecular weight excluding hydrogens is 519 g/mol. The minimum Gasteiger partial charge on any atom is -0.424 e. The predicted octanol–water partition coefficient (Wildman–Crippen LogP) is -1.21. The summed E-state index contributed by atoms with van der Waals surface area (Å²) in [5.41, 5.74) is 4.52. The van der Waals surface area contributed by atoms with Crippen molar-refractivity contribution in [3.8, 4) is 0 Å². The summed E-state index contributed by atoms with van der Waals surface area (Å²) < 4.78 is 60.0. The second-order valence-corrected chi connectivity index (χ2v) is 13.0. The first-order valence-electron chi connectivity index (χ1n) is 8.62. The smallest absolute Gasteiger partial charge is 0.424 e. The molecule has 2 saturated heterocycles. The lowest BCUT2D eigenvalue weighted by Crippen LogP contribution is -2.34. The zero-order valence-electron chi connectivity index (χ0n) is 16.3. The standard InChI is InChI=1S/C12H18N3O15P3/c1-12(18,31(19,20)21)32(22,23)30-33(24,25)26-4-5-7-8(29-11(17)28-7)9(27-5)15-3-2-6(13)14-10(15)16/h2-3,5,7-9,18H,4H2,1H3,(H,22,23)(H,24,25)(H2,13,14,16)(H2,19,20,21)/t5-,7-,8-,9-,12?/m1/s1. The lowest BCUT2D eigenvalue weighted by molar-refractivity contribution is -0.0725. The molecule has 33 heavy (non-hydrogen) atoms. The predicted molar refractivity (Wildman–Crippen MR) is 101 cm³/mol. The number of ether oxygens (including phenoxy) is 3. The van der Waals surface area contributed by atoms with Gasteiger partial charge in [0.1, 0.15) is 11.9 Å². The molecule has 1 aromatic heterocycles. The van der Waals surface area contributed by atoms with Gasteiger partial charge in [-0.05, 0) is 13.0 Å². The van der Waals surface area contributed by atoms with Gasteiger partial charge in [-0.2, -0.15) is 4.98 Å². The Morgan fingerprint density at radius 3 is 2.36 bits per heavy atom. The molecule has 7 atom stereocenters. The van der Waals surface area contributed by atoms with Crippen molar-refractivity contribution >= 4 is 35.0 Å². The van der Waals surface area contributed by atoms with E-state index in [-0.39, 0.29) is 12.7 Å². The Balaban J connectivity index is 1.76. The summed E-state index contributed by atoms with van der Waals surface area (Å²) in [4.78, 5) is 64.5. The Hall–Kier alpha value is -1.68. The van der Waals surface area contributed by atoms with Crippen molar-refractivity contribution in [1.29, 1.82) is 0 Å². The van der Waals surface area contributed by atoms with Crippen molar-refractivity contribution in [2.75, 3.05) is 12.3 Å². The van der Waals surface area contributed by atoms with E-state index in [1.165, 1.54) is 12.3 Å². The van der Waals surface area contributed by atoms with Gasteiger partial charge >= 0.3 is 34.9 Å². The van der Waals surface area contributed by atoms with Gasteiger partial charge in [-0.25, -0.2) is 18.5 Å². The van der Waals surface area contributed by atoms with Crippen LogP contribution in [0.25, 0.3) is 0 Å². The topological polar surface area (TPSA) is 276 Å². The fourth-order valence-electron chi connectivity index (χ4n) is 2.78. The van der Waals surface area contributed by atoms with Crippen molar-refractivity contribution < 1.29 is 66.2 Å². The Bertz CT molecular complexity index is 1150. The third-order valence-electron chi connectivity index (χ3n) is 4.58. The van der Waals surface area contributed by atoms with E-state index in [0.29, 0.717) is 0 Å². The van der Waals surface area contributed by atoms with Crippen molar-refractivity contribution in [3.63, 3.8) is 0 Å². The number of rotatable bonds is 8. The molecule has 18 nitrogen and oxygen atoms in total. The first-order chi connectivity index (χ1) is 15.0. The van der Waals surface area contributed by atoms with Crippen LogP contribution in [-0.4, -0.2) is 70.4 Å². The fraction of sp³-hybridized carbons (Fsp3) is 0.583. The van der Waals surface area contributed by atoms with E-state index in [1.54, 1.807) is 0 Å². The van der Waals surface area contributed by atoms with Crippen molar-refractivity contribution in [1.82, 2.24) is 9.55 Å². The van der Waals surface area contributed by atoms with Crippen LogP contribution >= 0.6 is 23.0 Å². The van der Waals surface area contributed by atoms with E-state index in [0.717, 1.165) is 4.57 Å². The van der Waals surface area contributed by atoms with E-state index in [1.807, 2.05) is 0 Å². The highest BCUT2D eigenvalue weighted by Gasteiger charge is 2.60. The van der Waals surface area contributed by atoms with Crippen molar-refractivity contribution in [3.05, 3.63) is 22.7 Å². The van der Waals surface area contributed by atoms with Crippen LogP contribution in [0.15, 0.2) is 17.1 Å². The quantitative estimate of drug-likeness (QED) is 0.168. The van der Waals surface area contributed by atoms with Crippen LogP contribution < -0.4 is 11.4 Å². The van der Waals surface area contributed by atoms with Gasteiger partial charge in [0.15, 0.2) is 18.4 Å². The molecule has 0 aliphatic carbocycles. The molecule has 0 radical (unpaired) electrons. The van der Waals surface area contributed by atoms with Crippen LogP contribution in [0.5, 0.6) is 0 Å². The molecule has 0 aromatic carbocycles. The second-order valence-electron chi connectivity index (χ2n) is 6.90. The molecular formula is C12H18N3O15P3. The summed E-state index contributed by atoms with van der Waals surface area (Å²) in [5, 5.41) is 5.91. The number of phosphoric acid groups is 1. The second kappa shape index (κ2) is 8.52. The maximum atomic E-state index is 12.1. The number of hydrogen-bond donors (Lipinski definition) is 6. The number of carbonyl (C=O) groups is 1. The van der Waals surface area contributed by atoms with Gasteiger partial charge in [-0.15, -0.1) is 0 Å². The number of aliphatic hydroxyl groups is 1. The highest BCUT2D eigenvalue weighted by atomic mass is 31.3. The first kappa shape index (κ1) is 25.9. The SMILES string of the molecule is CC(O)(P(=O)(O)O)P(=O)(O)OP(=O)(O)OC[C@H]1O[C@@H](n2ccc(N)nc2=O)[C@@H]2OC(=O)O[C@@H]21.